The Balaban J connectivity index is 1.88. The Kier molecular flexibility index (Phi) is 6.02. The van der Waals surface area contributed by atoms with Crippen LogP contribution in [-0.2, 0) is 4.74 Å². The normalized spacial score (nSPS) is 21.1. The minimum atomic E-state index is 0.557. The summed E-state index contributed by atoms with van der Waals surface area (Å²) in [6.45, 7) is 5.04. The zero-order valence-corrected chi connectivity index (χ0v) is 13.1. The van der Waals surface area contributed by atoms with E-state index in [0.29, 0.717) is 12.0 Å². The summed E-state index contributed by atoms with van der Waals surface area (Å²) in [6, 6.07) is 9.06. The highest BCUT2D eigenvalue weighted by Crippen LogP contribution is 2.26. The van der Waals surface area contributed by atoms with Crippen molar-refractivity contribution in [3.05, 3.63) is 28.7 Å². The molecule has 0 saturated carbocycles. The quantitative estimate of drug-likeness (QED) is 0.806. The maximum atomic E-state index is 5.50. The van der Waals surface area contributed by atoms with Gasteiger partial charge in [-0.25, -0.2) is 0 Å². The van der Waals surface area contributed by atoms with E-state index in [1.165, 1.54) is 11.3 Å². The van der Waals surface area contributed by atoms with Gasteiger partial charge in [0.2, 0.25) is 0 Å². The molecule has 18 heavy (non-hydrogen) atoms. The molecule has 1 aliphatic rings. The largest absolute Gasteiger partial charge is 0.381 e. The van der Waals surface area contributed by atoms with E-state index in [2.05, 4.69) is 52.4 Å². The molecule has 1 saturated heterocycles. The van der Waals surface area contributed by atoms with Crippen LogP contribution in [-0.4, -0.2) is 31.6 Å². The standard InChI is InChI=1S/C14H20BrNOS/c1-2-16-14(11-6-7-17-9-11)10-18-13-5-3-4-12(15)8-13/h3-5,8,11,14,16H,2,6-7,9-10H2,1H3. The predicted octanol–water partition coefficient (Wildman–Crippen LogP) is 3.56. The summed E-state index contributed by atoms with van der Waals surface area (Å²) in [4.78, 5) is 1.33. The van der Waals surface area contributed by atoms with Gasteiger partial charge in [0.05, 0.1) is 6.61 Å². The molecule has 2 nitrogen and oxygen atoms in total. The van der Waals surface area contributed by atoms with Crippen LogP contribution in [0, 0.1) is 5.92 Å². The van der Waals surface area contributed by atoms with Crippen molar-refractivity contribution in [3.8, 4) is 0 Å². The molecule has 0 aliphatic carbocycles. The number of hydrogen-bond acceptors (Lipinski definition) is 3. The molecular weight excluding hydrogens is 310 g/mol. The molecule has 0 spiro atoms. The third kappa shape index (κ3) is 4.26. The lowest BCUT2D eigenvalue weighted by Crippen LogP contribution is -2.38. The minimum absolute atomic E-state index is 0.557. The van der Waals surface area contributed by atoms with Gasteiger partial charge in [-0.2, -0.15) is 0 Å². The second kappa shape index (κ2) is 7.53. The summed E-state index contributed by atoms with van der Waals surface area (Å²) >= 11 is 5.44. The van der Waals surface area contributed by atoms with E-state index >= 15 is 0 Å². The molecule has 1 N–H and O–H groups in total. The van der Waals surface area contributed by atoms with Gasteiger partial charge in [-0.1, -0.05) is 28.9 Å². The fraction of sp³-hybridized carbons (Fsp3) is 0.571. The molecule has 2 atom stereocenters. The first-order valence-electron chi connectivity index (χ1n) is 6.49. The maximum Gasteiger partial charge on any atom is 0.0510 e. The molecular formula is C14H20BrNOS. The van der Waals surface area contributed by atoms with Crippen LogP contribution in [0.3, 0.4) is 0 Å². The summed E-state index contributed by atoms with van der Waals surface area (Å²) in [5.41, 5.74) is 0. The van der Waals surface area contributed by atoms with Crippen molar-refractivity contribution in [2.75, 3.05) is 25.5 Å². The van der Waals surface area contributed by atoms with Crippen molar-refractivity contribution < 1.29 is 4.74 Å². The first kappa shape index (κ1) is 14.4. The highest BCUT2D eigenvalue weighted by atomic mass is 79.9. The fourth-order valence-corrected chi connectivity index (χ4v) is 3.93. The Hall–Kier alpha value is -0.0300. The number of benzene rings is 1. The van der Waals surface area contributed by atoms with Crippen LogP contribution in [0.5, 0.6) is 0 Å². The zero-order chi connectivity index (χ0) is 12.8. The first-order valence-corrected chi connectivity index (χ1v) is 8.27. The van der Waals surface area contributed by atoms with Gasteiger partial charge in [-0.3, -0.25) is 0 Å². The van der Waals surface area contributed by atoms with Gasteiger partial charge < -0.3 is 10.1 Å². The van der Waals surface area contributed by atoms with E-state index in [9.17, 15) is 0 Å². The number of hydrogen-bond donors (Lipinski definition) is 1. The highest BCUT2D eigenvalue weighted by molar-refractivity contribution is 9.10. The Morgan fingerprint density at radius 2 is 2.44 bits per heavy atom. The molecule has 1 aliphatic heterocycles. The molecule has 100 valence electrons. The number of rotatable bonds is 6. The van der Waals surface area contributed by atoms with E-state index in [1.54, 1.807) is 0 Å². The lowest BCUT2D eigenvalue weighted by molar-refractivity contribution is 0.179. The van der Waals surface area contributed by atoms with Crippen molar-refractivity contribution in [2.45, 2.75) is 24.3 Å². The van der Waals surface area contributed by atoms with Crippen molar-refractivity contribution in [1.29, 1.82) is 0 Å². The van der Waals surface area contributed by atoms with Crippen molar-refractivity contribution in [3.63, 3.8) is 0 Å². The molecule has 0 radical (unpaired) electrons. The molecule has 0 bridgehead atoms. The van der Waals surface area contributed by atoms with E-state index in [0.717, 1.165) is 30.0 Å². The summed E-state index contributed by atoms with van der Waals surface area (Å²) in [5, 5.41) is 3.60. The Labute approximate surface area is 122 Å². The van der Waals surface area contributed by atoms with Crippen LogP contribution in [0.25, 0.3) is 0 Å². The van der Waals surface area contributed by atoms with Crippen LogP contribution >= 0.6 is 27.7 Å². The average molecular weight is 330 g/mol. The van der Waals surface area contributed by atoms with Crippen LogP contribution < -0.4 is 5.32 Å². The van der Waals surface area contributed by atoms with E-state index in [-0.39, 0.29) is 0 Å². The molecule has 1 heterocycles. The molecule has 1 aromatic rings. The third-order valence-electron chi connectivity index (χ3n) is 3.23. The summed E-state index contributed by atoms with van der Waals surface area (Å²) in [7, 11) is 0. The lowest BCUT2D eigenvalue weighted by Gasteiger charge is -2.22. The third-order valence-corrected chi connectivity index (χ3v) is 4.83. The topological polar surface area (TPSA) is 21.3 Å². The van der Waals surface area contributed by atoms with Gasteiger partial charge in [-0.05, 0) is 31.2 Å². The number of halogens is 1. The lowest BCUT2D eigenvalue weighted by atomic mass is 10.0. The first-order chi connectivity index (χ1) is 8.79. The molecule has 1 fully saturated rings. The van der Waals surface area contributed by atoms with Gasteiger partial charge >= 0.3 is 0 Å². The van der Waals surface area contributed by atoms with E-state index < -0.39 is 0 Å². The number of ether oxygens (including phenoxy) is 1. The van der Waals surface area contributed by atoms with Crippen molar-refractivity contribution in [2.24, 2.45) is 5.92 Å². The smallest absolute Gasteiger partial charge is 0.0510 e. The molecule has 0 amide bonds. The number of nitrogens with one attached hydrogen (secondary N) is 1. The minimum Gasteiger partial charge on any atom is -0.381 e. The Morgan fingerprint density at radius 1 is 1.56 bits per heavy atom. The Morgan fingerprint density at radius 3 is 3.11 bits per heavy atom. The number of thioether (sulfide) groups is 1. The maximum absolute atomic E-state index is 5.50. The zero-order valence-electron chi connectivity index (χ0n) is 10.7. The van der Waals surface area contributed by atoms with Gasteiger partial charge in [0.1, 0.15) is 0 Å². The highest BCUT2D eigenvalue weighted by Gasteiger charge is 2.24. The van der Waals surface area contributed by atoms with Gasteiger partial charge in [0.25, 0.3) is 0 Å². The van der Waals surface area contributed by atoms with Gasteiger partial charge in [-0.15, -0.1) is 11.8 Å². The molecule has 0 aromatic heterocycles. The Bertz CT molecular complexity index is 369. The van der Waals surface area contributed by atoms with Crippen molar-refractivity contribution in [1.82, 2.24) is 5.32 Å². The van der Waals surface area contributed by atoms with Crippen molar-refractivity contribution >= 4 is 27.7 Å². The molecule has 2 unspecified atom stereocenters. The van der Waals surface area contributed by atoms with Gasteiger partial charge in [0.15, 0.2) is 0 Å². The van der Waals surface area contributed by atoms with E-state index in [4.69, 9.17) is 4.74 Å². The fourth-order valence-electron chi connectivity index (χ4n) is 2.24. The second-order valence-corrected chi connectivity index (χ2v) is 6.57. The van der Waals surface area contributed by atoms with Crippen LogP contribution in [0.4, 0.5) is 0 Å². The van der Waals surface area contributed by atoms with Crippen LogP contribution in [0.2, 0.25) is 0 Å². The second-order valence-electron chi connectivity index (χ2n) is 4.56. The average Bonchev–Trinajstić information content (AvgIpc) is 2.88. The van der Waals surface area contributed by atoms with E-state index in [1.807, 2.05) is 11.8 Å². The molecule has 2 rings (SSSR count). The van der Waals surface area contributed by atoms with Gasteiger partial charge in [0, 0.05) is 33.7 Å². The van der Waals surface area contributed by atoms with Crippen LogP contribution in [0.1, 0.15) is 13.3 Å². The predicted molar refractivity (Wildman–Crippen MR) is 81.3 cm³/mol. The SMILES string of the molecule is CCNC(CSc1cccc(Br)c1)C1CCOC1. The summed E-state index contributed by atoms with van der Waals surface area (Å²) in [5.74, 6) is 1.78. The summed E-state index contributed by atoms with van der Waals surface area (Å²) in [6.07, 6.45) is 1.19. The monoisotopic (exact) mass is 329 g/mol. The summed E-state index contributed by atoms with van der Waals surface area (Å²) < 4.78 is 6.65. The molecule has 4 heteroatoms. The van der Waals surface area contributed by atoms with Crippen LogP contribution in [0.15, 0.2) is 33.6 Å². The molecule has 1 aromatic carbocycles.